The van der Waals surface area contributed by atoms with E-state index in [9.17, 15) is 0 Å². The molecule has 0 atom stereocenters. The van der Waals surface area contributed by atoms with Crippen molar-refractivity contribution < 1.29 is 0 Å². The number of fused-ring (bicyclic) bond motifs is 5. The van der Waals surface area contributed by atoms with Crippen molar-refractivity contribution in [3.8, 4) is 0 Å². The van der Waals surface area contributed by atoms with E-state index in [0.29, 0.717) is 0 Å². The molecule has 2 aliphatic carbocycles. The van der Waals surface area contributed by atoms with Crippen LogP contribution in [0.25, 0.3) is 17.2 Å². The van der Waals surface area contributed by atoms with Gasteiger partial charge in [0.1, 0.15) is 0 Å². The van der Waals surface area contributed by atoms with Crippen LogP contribution in [0.1, 0.15) is 22.3 Å². The Kier molecular flexibility index (Phi) is 1.39. The Hall–Kier alpha value is -2.08. The molecule has 0 spiro atoms. The summed E-state index contributed by atoms with van der Waals surface area (Å²) < 4.78 is 0. The highest BCUT2D eigenvalue weighted by atomic mass is 14.3. The maximum absolute atomic E-state index is 3.50. The molecule has 73 valence electrons. The largest absolute Gasteiger partial charge is 0.0616 e. The van der Waals surface area contributed by atoms with Crippen LogP contribution in [-0.4, -0.2) is 0 Å². The van der Waals surface area contributed by atoms with Gasteiger partial charge in [0.25, 0.3) is 0 Å². The molecule has 0 aromatic heterocycles. The summed E-state index contributed by atoms with van der Waals surface area (Å²) in [5, 5.41) is 0. The van der Waals surface area contributed by atoms with Crippen molar-refractivity contribution in [2.24, 2.45) is 0 Å². The van der Waals surface area contributed by atoms with Gasteiger partial charge in [0.2, 0.25) is 0 Å². The topological polar surface area (TPSA) is 0 Å². The molecule has 2 aromatic carbocycles. The lowest BCUT2D eigenvalue weighted by Crippen LogP contribution is -1.78. The third kappa shape index (κ3) is 0.892. The van der Waals surface area contributed by atoms with E-state index in [4.69, 9.17) is 0 Å². The van der Waals surface area contributed by atoms with Crippen molar-refractivity contribution in [2.45, 2.75) is 0 Å². The van der Waals surface area contributed by atoms with E-state index >= 15 is 0 Å². The van der Waals surface area contributed by atoms with Crippen LogP contribution in [0.2, 0.25) is 0 Å². The first-order valence-electron chi connectivity index (χ1n) is 5.48. The molecule has 0 nitrogen and oxygen atoms in total. The minimum absolute atomic E-state index is 1.22. The standard InChI is InChI=1S/C16H9/c1-3-7-13-11(5-1)9-15-14-8-4-2-6-12(14)10-16(13)15/h1-9H. The molecule has 0 heterocycles. The second kappa shape index (κ2) is 2.73. The van der Waals surface area contributed by atoms with Gasteiger partial charge in [-0.2, -0.15) is 0 Å². The van der Waals surface area contributed by atoms with E-state index in [1.165, 1.54) is 33.4 Å². The zero-order valence-corrected chi connectivity index (χ0v) is 8.70. The van der Waals surface area contributed by atoms with Crippen LogP contribution in [0.15, 0.2) is 48.5 Å². The lowest BCUT2D eigenvalue weighted by atomic mass is 10.0. The Morgan fingerprint density at radius 2 is 1.50 bits per heavy atom. The van der Waals surface area contributed by atoms with Gasteiger partial charge in [-0.15, -0.1) is 0 Å². The molecule has 0 fully saturated rings. The molecule has 2 aromatic rings. The van der Waals surface area contributed by atoms with Gasteiger partial charge in [-0.1, -0.05) is 48.5 Å². The molecule has 0 aliphatic heterocycles. The third-order valence-electron chi connectivity index (χ3n) is 3.28. The SMILES string of the molecule is [C]1=C2C(=Cc3ccccc32)c2ccccc21. The Morgan fingerprint density at radius 1 is 0.750 bits per heavy atom. The summed E-state index contributed by atoms with van der Waals surface area (Å²) in [5.41, 5.74) is 7.75. The monoisotopic (exact) mass is 201 g/mol. The normalized spacial score (nSPS) is 15.0. The van der Waals surface area contributed by atoms with Crippen LogP contribution in [0.5, 0.6) is 0 Å². The highest BCUT2D eigenvalue weighted by molar-refractivity contribution is 6.20. The average molecular weight is 201 g/mol. The van der Waals surface area contributed by atoms with Gasteiger partial charge in [-0.3, -0.25) is 0 Å². The van der Waals surface area contributed by atoms with Gasteiger partial charge in [-0.25, -0.2) is 0 Å². The van der Waals surface area contributed by atoms with E-state index < -0.39 is 0 Å². The minimum atomic E-state index is 1.22. The maximum Gasteiger partial charge on any atom is -0.000741 e. The molecule has 16 heavy (non-hydrogen) atoms. The second-order valence-electron chi connectivity index (χ2n) is 4.19. The quantitative estimate of drug-likeness (QED) is 0.608. The smallest absolute Gasteiger partial charge is 0.000741 e. The summed E-state index contributed by atoms with van der Waals surface area (Å²) in [6, 6.07) is 17.0. The molecule has 0 amide bonds. The van der Waals surface area contributed by atoms with E-state index in [1.807, 2.05) is 0 Å². The first-order chi connectivity index (χ1) is 7.93. The summed E-state index contributed by atoms with van der Waals surface area (Å²) in [4.78, 5) is 0. The van der Waals surface area contributed by atoms with Gasteiger partial charge in [0, 0.05) is 0 Å². The molecule has 0 heteroatoms. The van der Waals surface area contributed by atoms with E-state index in [0.717, 1.165) is 0 Å². The van der Waals surface area contributed by atoms with Crippen molar-refractivity contribution in [2.75, 3.05) is 0 Å². The fourth-order valence-corrected chi connectivity index (χ4v) is 2.53. The number of rotatable bonds is 0. The van der Waals surface area contributed by atoms with Gasteiger partial charge < -0.3 is 0 Å². The van der Waals surface area contributed by atoms with Crippen molar-refractivity contribution in [1.82, 2.24) is 0 Å². The zero-order valence-electron chi connectivity index (χ0n) is 8.70. The predicted octanol–water partition coefficient (Wildman–Crippen LogP) is 3.79. The molecule has 0 N–H and O–H groups in total. The fraction of sp³-hybridized carbons (Fsp3) is 0. The van der Waals surface area contributed by atoms with Gasteiger partial charge in [-0.05, 0) is 45.6 Å². The minimum Gasteiger partial charge on any atom is -0.0616 e. The average Bonchev–Trinajstić information content (AvgIpc) is 2.85. The van der Waals surface area contributed by atoms with Crippen LogP contribution in [0.4, 0.5) is 0 Å². The molecule has 1 radical (unpaired) electrons. The fourth-order valence-electron chi connectivity index (χ4n) is 2.53. The zero-order chi connectivity index (χ0) is 10.5. The first kappa shape index (κ1) is 8.12. The van der Waals surface area contributed by atoms with E-state index in [1.54, 1.807) is 0 Å². The lowest BCUT2D eigenvalue weighted by Gasteiger charge is -1.99. The van der Waals surface area contributed by atoms with Crippen molar-refractivity contribution in [1.29, 1.82) is 0 Å². The van der Waals surface area contributed by atoms with Crippen LogP contribution in [-0.2, 0) is 0 Å². The van der Waals surface area contributed by atoms with Crippen LogP contribution in [0, 0.1) is 6.08 Å². The van der Waals surface area contributed by atoms with Crippen LogP contribution < -0.4 is 0 Å². The molecule has 0 saturated heterocycles. The Bertz CT molecular complexity index is 598. The second-order valence-corrected chi connectivity index (χ2v) is 4.19. The highest BCUT2D eigenvalue weighted by Gasteiger charge is 2.25. The van der Waals surface area contributed by atoms with Crippen molar-refractivity contribution >= 4 is 17.2 Å². The molecule has 0 bridgehead atoms. The number of hydrogen-bond donors (Lipinski definition) is 0. The molecule has 2 aliphatic rings. The highest BCUT2D eigenvalue weighted by Crippen LogP contribution is 2.46. The summed E-state index contributed by atoms with van der Waals surface area (Å²) in [6.07, 6.45) is 5.77. The number of benzene rings is 2. The number of allylic oxidation sites excluding steroid dienone is 2. The molecule has 0 unspecified atom stereocenters. The van der Waals surface area contributed by atoms with Crippen LogP contribution >= 0.6 is 0 Å². The molecular weight excluding hydrogens is 192 g/mol. The van der Waals surface area contributed by atoms with E-state index in [-0.39, 0.29) is 0 Å². The molecule has 4 rings (SSSR count). The lowest BCUT2D eigenvalue weighted by molar-refractivity contribution is 1.56. The summed E-state index contributed by atoms with van der Waals surface area (Å²) in [7, 11) is 0. The van der Waals surface area contributed by atoms with Crippen molar-refractivity contribution in [3.63, 3.8) is 0 Å². The Balaban J connectivity index is 2.03. The van der Waals surface area contributed by atoms with Crippen molar-refractivity contribution in [3.05, 3.63) is 76.9 Å². The van der Waals surface area contributed by atoms with E-state index in [2.05, 4.69) is 60.7 Å². The molecular formula is C16H9. The van der Waals surface area contributed by atoms with Gasteiger partial charge in [0.15, 0.2) is 0 Å². The van der Waals surface area contributed by atoms with Gasteiger partial charge in [0.05, 0.1) is 0 Å². The molecule has 0 saturated carbocycles. The Labute approximate surface area is 94.6 Å². The summed E-state index contributed by atoms with van der Waals surface area (Å²) in [5.74, 6) is 0. The maximum atomic E-state index is 3.50. The summed E-state index contributed by atoms with van der Waals surface area (Å²) in [6.45, 7) is 0. The Morgan fingerprint density at radius 3 is 2.44 bits per heavy atom. The van der Waals surface area contributed by atoms with Gasteiger partial charge >= 0.3 is 0 Å². The first-order valence-corrected chi connectivity index (χ1v) is 5.48. The third-order valence-corrected chi connectivity index (χ3v) is 3.28. The summed E-state index contributed by atoms with van der Waals surface area (Å²) >= 11 is 0. The van der Waals surface area contributed by atoms with Crippen LogP contribution in [0.3, 0.4) is 0 Å². The number of hydrogen-bond acceptors (Lipinski definition) is 0. The predicted molar refractivity (Wildman–Crippen MR) is 66.5 cm³/mol.